The topological polar surface area (TPSA) is 79.4 Å². The number of benzene rings is 2. The summed E-state index contributed by atoms with van der Waals surface area (Å²) in [7, 11) is 0. The lowest BCUT2D eigenvalue weighted by Gasteiger charge is -2.12. The predicted octanol–water partition coefficient (Wildman–Crippen LogP) is 2.53. The lowest BCUT2D eigenvalue weighted by atomic mass is 10.1. The fraction of sp³-hybridized carbons (Fsp3) is 0.0588. The average molecular weight is 337 g/mol. The van der Waals surface area contributed by atoms with Crippen molar-refractivity contribution in [2.24, 2.45) is 0 Å². The Bertz CT molecular complexity index is 927. The molecule has 0 fully saturated rings. The number of fused-ring (bicyclic) bond motifs is 2. The number of hydrogen-bond acceptors (Lipinski definition) is 5. The van der Waals surface area contributed by atoms with Crippen LogP contribution in [-0.4, -0.2) is 34.2 Å². The van der Waals surface area contributed by atoms with Gasteiger partial charge in [0.2, 0.25) is 5.91 Å². The first-order valence-corrected chi connectivity index (χ1v) is 8.06. The summed E-state index contributed by atoms with van der Waals surface area (Å²) in [6.07, 6.45) is 0. The summed E-state index contributed by atoms with van der Waals surface area (Å²) in [5.74, 6) is -1.35. The molecule has 4 rings (SSSR count). The Balaban J connectivity index is 1.51. The van der Waals surface area contributed by atoms with E-state index >= 15 is 0 Å². The zero-order valence-corrected chi connectivity index (χ0v) is 13.2. The number of nitrogens with zero attached hydrogens (tertiary/aromatic N) is 2. The molecule has 0 unspecified atom stereocenters. The van der Waals surface area contributed by atoms with Gasteiger partial charge in [-0.05, 0) is 24.3 Å². The molecule has 1 aromatic heterocycles. The highest BCUT2D eigenvalue weighted by Gasteiger charge is 2.36. The van der Waals surface area contributed by atoms with Crippen LogP contribution in [0.5, 0.6) is 0 Å². The van der Waals surface area contributed by atoms with Gasteiger partial charge in [-0.1, -0.05) is 35.6 Å². The van der Waals surface area contributed by atoms with Crippen LogP contribution in [0.15, 0.2) is 48.5 Å². The van der Waals surface area contributed by atoms with Crippen LogP contribution in [0.1, 0.15) is 20.7 Å². The molecular formula is C17H11N3O3S. The summed E-state index contributed by atoms with van der Waals surface area (Å²) in [5, 5.41) is 3.09. The SMILES string of the molecule is O=C(CN1C(=O)c2ccccc2C1=O)Nc1nc2ccccc2s1. The fourth-order valence-electron chi connectivity index (χ4n) is 2.61. The van der Waals surface area contributed by atoms with Crippen molar-refractivity contribution in [1.82, 2.24) is 9.88 Å². The first-order chi connectivity index (χ1) is 11.6. The number of amides is 3. The molecule has 0 atom stereocenters. The average Bonchev–Trinajstić information content (AvgIpc) is 3.09. The number of thiazole rings is 1. The van der Waals surface area contributed by atoms with Crippen molar-refractivity contribution < 1.29 is 14.4 Å². The van der Waals surface area contributed by atoms with Gasteiger partial charge in [0, 0.05) is 0 Å². The summed E-state index contributed by atoms with van der Waals surface area (Å²) >= 11 is 1.34. The van der Waals surface area contributed by atoms with Crippen LogP contribution in [0, 0.1) is 0 Å². The fourth-order valence-corrected chi connectivity index (χ4v) is 3.49. The Kier molecular flexibility index (Phi) is 3.35. The van der Waals surface area contributed by atoms with Crippen molar-refractivity contribution in [3.63, 3.8) is 0 Å². The van der Waals surface area contributed by atoms with Crippen LogP contribution >= 0.6 is 11.3 Å². The Morgan fingerprint density at radius 3 is 2.29 bits per heavy atom. The standard InChI is InChI=1S/C17H11N3O3S/c21-14(19-17-18-12-7-3-4-8-13(12)24-17)9-20-15(22)10-5-1-2-6-11(10)16(20)23/h1-8H,9H2,(H,18,19,21). The molecule has 1 N–H and O–H groups in total. The van der Waals surface area contributed by atoms with Gasteiger partial charge in [0.1, 0.15) is 6.54 Å². The van der Waals surface area contributed by atoms with E-state index in [0.29, 0.717) is 16.3 Å². The van der Waals surface area contributed by atoms with Crippen molar-refractivity contribution in [3.8, 4) is 0 Å². The van der Waals surface area contributed by atoms with Gasteiger partial charge in [-0.15, -0.1) is 0 Å². The molecule has 0 saturated heterocycles. The van der Waals surface area contributed by atoms with E-state index in [1.165, 1.54) is 11.3 Å². The quantitative estimate of drug-likeness (QED) is 0.745. The van der Waals surface area contributed by atoms with Gasteiger partial charge >= 0.3 is 0 Å². The summed E-state index contributed by atoms with van der Waals surface area (Å²) in [6.45, 7) is -0.331. The molecule has 0 saturated carbocycles. The summed E-state index contributed by atoms with van der Waals surface area (Å²) in [6, 6.07) is 14.1. The van der Waals surface area contributed by atoms with E-state index in [1.807, 2.05) is 24.3 Å². The predicted molar refractivity (Wildman–Crippen MR) is 90.1 cm³/mol. The molecule has 118 valence electrons. The molecule has 3 aromatic rings. The summed E-state index contributed by atoms with van der Waals surface area (Å²) < 4.78 is 0.952. The summed E-state index contributed by atoms with van der Waals surface area (Å²) in [4.78, 5) is 41.9. The van der Waals surface area contributed by atoms with Crippen molar-refractivity contribution >= 4 is 44.4 Å². The van der Waals surface area contributed by atoms with E-state index in [2.05, 4.69) is 10.3 Å². The molecule has 0 bridgehead atoms. The molecule has 2 aromatic carbocycles. The van der Waals surface area contributed by atoms with Crippen molar-refractivity contribution in [2.75, 3.05) is 11.9 Å². The van der Waals surface area contributed by atoms with E-state index < -0.39 is 17.7 Å². The second-order valence-electron chi connectivity index (χ2n) is 5.28. The highest BCUT2D eigenvalue weighted by Crippen LogP contribution is 2.26. The number of carbonyl (C=O) groups is 3. The smallest absolute Gasteiger partial charge is 0.262 e. The van der Waals surface area contributed by atoms with Crippen LogP contribution < -0.4 is 5.32 Å². The third-order valence-electron chi connectivity index (χ3n) is 3.72. The van der Waals surface area contributed by atoms with Crippen LogP contribution in [0.2, 0.25) is 0 Å². The highest BCUT2D eigenvalue weighted by atomic mass is 32.1. The number of anilines is 1. The second kappa shape index (κ2) is 5.54. The number of nitrogens with one attached hydrogen (secondary N) is 1. The van der Waals surface area contributed by atoms with E-state index in [9.17, 15) is 14.4 Å². The van der Waals surface area contributed by atoms with Crippen LogP contribution in [0.4, 0.5) is 5.13 Å². The van der Waals surface area contributed by atoms with Gasteiger partial charge in [0.25, 0.3) is 11.8 Å². The van der Waals surface area contributed by atoms with Gasteiger partial charge in [0.05, 0.1) is 21.3 Å². The van der Waals surface area contributed by atoms with E-state index in [4.69, 9.17) is 0 Å². The lowest BCUT2D eigenvalue weighted by molar-refractivity contribution is -0.116. The molecule has 6 nitrogen and oxygen atoms in total. The normalized spacial score (nSPS) is 13.4. The molecule has 1 aliphatic heterocycles. The zero-order chi connectivity index (χ0) is 16.7. The molecule has 24 heavy (non-hydrogen) atoms. The van der Waals surface area contributed by atoms with E-state index in [-0.39, 0.29) is 6.54 Å². The van der Waals surface area contributed by atoms with Gasteiger partial charge < -0.3 is 5.32 Å². The monoisotopic (exact) mass is 337 g/mol. The van der Waals surface area contributed by atoms with Crippen molar-refractivity contribution in [1.29, 1.82) is 0 Å². The van der Waals surface area contributed by atoms with E-state index in [1.54, 1.807) is 24.3 Å². The minimum Gasteiger partial charge on any atom is -0.300 e. The minimum absolute atomic E-state index is 0.329. The number of para-hydroxylation sites is 1. The first kappa shape index (κ1) is 14.5. The Labute approximate surface area is 140 Å². The lowest BCUT2D eigenvalue weighted by Crippen LogP contribution is -2.37. The maximum atomic E-state index is 12.2. The molecule has 2 heterocycles. The molecule has 0 spiro atoms. The largest absolute Gasteiger partial charge is 0.300 e. The Hall–Kier alpha value is -3.06. The molecular weight excluding hydrogens is 326 g/mol. The molecule has 1 aliphatic rings. The van der Waals surface area contributed by atoms with Gasteiger partial charge in [-0.3, -0.25) is 19.3 Å². The number of imide groups is 1. The number of aromatic nitrogens is 1. The molecule has 0 radical (unpaired) electrons. The first-order valence-electron chi connectivity index (χ1n) is 7.24. The highest BCUT2D eigenvalue weighted by molar-refractivity contribution is 7.22. The number of hydrogen-bond donors (Lipinski definition) is 1. The maximum Gasteiger partial charge on any atom is 0.262 e. The van der Waals surface area contributed by atoms with Gasteiger partial charge in [0.15, 0.2) is 5.13 Å². The molecule has 7 heteroatoms. The maximum absolute atomic E-state index is 12.2. The number of rotatable bonds is 3. The summed E-state index contributed by atoms with van der Waals surface area (Å²) in [5.41, 5.74) is 1.45. The Morgan fingerprint density at radius 2 is 1.62 bits per heavy atom. The second-order valence-corrected chi connectivity index (χ2v) is 6.31. The molecule has 3 amide bonds. The van der Waals surface area contributed by atoms with Crippen LogP contribution in [-0.2, 0) is 4.79 Å². The third kappa shape index (κ3) is 2.35. The van der Waals surface area contributed by atoms with Gasteiger partial charge in [-0.25, -0.2) is 4.98 Å². The Morgan fingerprint density at radius 1 is 1.00 bits per heavy atom. The molecule has 0 aliphatic carbocycles. The van der Waals surface area contributed by atoms with Crippen LogP contribution in [0.3, 0.4) is 0 Å². The third-order valence-corrected chi connectivity index (χ3v) is 4.67. The van der Waals surface area contributed by atoms with Crippen molar-refractivity contribution in [2.45, 2.75) is 0 Å². The van der Waals surface area contributed by atoms with Crippen LogP contribution in [0.25, 0.3) is 10.2 Å². The van der Waals surface area contributed by atoms with Crippen molar-refractivity contribution in [3.05, 3.63) is 59.7 Å². The van der Waals surface area contributed by atoms with Gasteiger partial charge in [-0.2, -0.15) is 0 Å². The zero-order valence-electron chi connectivity index (χ0n) is 12.4. The minimum atomic E-state index is -0.455. The van der Waals surface area contributed by atoms with E-state index in [0.717, 1.165) is 15.1 Å². The number of carbonyl (C=O) groups excluding carboxylic acids is 3.